The minimum Gasteiger partial charge on any atom is -0.352 e. The van der Waals surface area contributed by atoms with Crippen molar-refractivity contribution in [1.29, 1.82) is 0 Å². The molecular formula is C19H22Cl2N4OS. The van der Waals surface area contributed by atoms with E-state index in [0.717, 1.165) is 37.2 Å². The Hall–Kier alpha value is -1.21. The summed E-state index contributed by atoms with van der Waals surface area (Å²) in [4.78, 5) is 22.8. The minimum absolute atomic E-state index is 0.176. The van der Waals surface area contributed by atoms with Crippen LogP contribution in [-0.4, -0.2) is 29.1 Å². The Balaban J connectivity index is 1.48. The van der Waals surface area contributed by atoms with Gasteiger partial charge >= 0.3 is 0 Å². The summed E-state index contributed by atoms with van der Waals surface area (Å²) in [5.41, 5.74) is 6.44. The van der Waals surface area contributed by atoms with Crippen LogP contribution in [0.1, 0.15) is 32.1 Å². The number of hydrogen-bond donors (Lipinski definition) is 2. The van der Waals surface area contributed by atoms with Crippen molar-refractivity contribution >= 4 is 40.8 Å². The van der Waals surface area contributed by atoms with Crippen molar-refractivity contribution in [3.8, 4) is 0 Å². The molecule has 1 aliphatic heterocycles. The summed E-state index contributed by atoms with van der Waals surface area (Å²) in [7, 11) is 0. The summed E-state index contributed by atoms with van der Waals surface area (Å²) in [6.07, 6.45) is 7.30. The highest BCUT2D eigenvalue weighted by atomic mass is 35.5. The van der Waals surface area contributed by atoms with E-state index in [1.165, 1.54) is 24.6 Å². The lowest BCUT2D eigenvalue weighted by molar-refractivity contribution is 0.197. The molecule has 3 N–H and O–H groups in total. The maximum atomic E-state index is 12.6. The molecule has 2 heterocycles. The van der Waals surface area contributed by atoms with Crippen molar-refractivity contribution < 1.29 is 0 Å². The van der Waals surface area contributed by atoms with Gasteiger partial charge in [0.1, 0.15) is 0 Å². The molecule has 27 heavy (non-hydrogen) atoms. The zero-order chi connectivity index (χ0) is 19.0. The van der Waals surface area contributed by atoms with Gasteiger partial charge in [0.15, 0.2) is 5.82 Å². The molecule has 8 heteroatoms. The molecule has 5 nitrogen and oxygen atoms in total. The first-order valence-electron chi connectivity index (χ1n) is 9.20. The number of piperidine rings is 1. The standard InChI is InChI=1S/C19H22Cl2N4OS/c20-12-3-1-4-13(16(12)21)27-15-11-23-17(18(26)24-15)25-9-7-19(8-10-25)6-2-5-14(19)22/h1,3-4,11,14H,2,5-10,22H2,(H,24,26). The number of aromatic nitrogens is 2. The van der Waals surface area contributed by atoms with E-state index in [0.29, 0.717) is 26.9 Å². The third-order valence-electron chi connectivity index (χ3n) is 5.92. The number of anilines is 1. The average molecular weight is 425 g/mol. The molecule has 4 rings (SSSR count). The van der Waals surface area contributed by atoms with Gasteiger partial charge in [-0.1, -0.05) is 47.5 Å². The molecule has 1 aromatic carbocycles. The van der Waals surface area contributed by atoms with E-state index in [1.807, 2.05) is 12.1 Å². The number of aromatic amines is 1. The summed E-state index contributed by atoms with van der Waals surface area (Å²) in [5, 5.41) is 1.60. The Kier molecular flexibility index (Phi) is 5.43. The van der Waals surface area contributed by atoms with Crippen molar-refractivity contribution in [3.05, 3.63) is 44.8 Å². The Bertz CT molecular complexity index is 896. The van der Waals surface area contributed by atoms with Gasteiger partial charge in [0.25, 0.3) is 5.56 Å². The highest BCUT2D eigenvalue weighted by Crippen LogP contribution is 2.45. The van der Waals surface area contributed by atoms with E-state index in [4.69, 9.17) is 28.9 Å². The fourth-order valence-electron chi connectivity index (χ4n) is 4.29. The molecule has 0 amide bonds. The fraction of sp³-hybridized carbons (Fsp3) is 0.474. The van der Waals surface area contributed by atoms with Gasteiger partial charge in [-0.05, 0) is 43.2 Å². The molecule has 1 unspecified atom stereocenters. The topological polar surface area (TPSA) is 75.0 Å². The van der Waals surface area contributed by atoms with Crippen LogP contribution >= 0.6 is 35.0 Å². The number of nitrogens with zero attached hydrogens (tertiary/aromatic N) is 2. The van der Waals surface area contributed by atoms with Crippen LogP contribution in [-0.2, 0) is 0 Å². The van der Waals surface area contributed by atoms with Gasteiger partial charge in [-0.2, -0.15) is 0 Å². The molecule has 1 spiro atoms. The third kappa shape index (κ3) is 3.73. The van der Waals surface area contributed by atoms with Crippen LogP contribution in [0.4, 0.5) is 5.82 Å². The smallest absolute Gasteiger partial charge is 0.291 e. The van der Waals surface area contributed by atoms with E-state index in [1.54, 1.807) is 12.3 Å². The highest BCUT2D eigenvalue weighted by molar-refractivity contribution is 7.99. The number of nitrogens with two attached hydrogens (primary N) is 1. The lowest BCUT2D eigenvalue weighted by Gasteiger charge is -2.42. The third-order valence-corrected chi connectivity index (χ3v) is 7.83. The van der Waals surface area contributed by atoms with E-state index in [2.05, 4.69) is 14.9 Å². The van der Waals surface area contributed by atoms with Gasteiger partial charge in [-0.3, -0.25) is 4.79 Å². The summed E-state index contributed by atoms with van der Waals surface area (Å²) >= 11 is 13.6. The zero-order valence-corrected chi connectivity index (χ0v) is 17.2. The van der Waals surface area contributed by atoms with Crippen LogP contribution in [0.15, 0.2) is 39.1 Å². The van der Waals surface area contributed by atoms with Crippen molar-refractivity contribution in [3.63, 3.8) is 0 Å². The average Bonchev–Trinajstić information content (AvgIpc) is 3.00. The minimum atomic E-state index is -0.176. The Labute approximate surface area is 172 Å². The summed E-state index contributed by atoms with van der Waals surface area (Å²) in [6.45, 7) is 1.66. The van der Waals surface area contributed by atoms with Crippen molar-refractivity contribution in [2.75, 3.05) is 18.0 Å². The quantitative estimate of drug-likeness (QED) is 0.766. The normalized spacial score (nSPS) is 21.7. The summed E-state index contributed by atoms with van der Waals surface area (Å²) < 4.78 is 0. The monoisotopic (exact) mass is 424 g/mol. The van der Waals surface area contributed by atoms with Gasteiger partial charge < -0.3 is 15.6 Å². The molecule has 1 saturated heterocycles. The summed E-state index contributed by atoms with van der Waals surface area (Å²) in [5.74, 6) is 0.484. The van der Waals surface area contributed by atoms with Gasteiger partial charge in [0.2, 0.25) is 0 Å². The molecule has 0 radical (unpaired) electrons. The van der Waals surface area contributed by atoms with E-state index in [-0.39, 0.29) is 11.0 Å². The molecule has 2 aromatic rings. The first-order chi connectivity index (χ1) is 13.0. The van der Waals surface area contributed by atoms with Crippen LogP contribution in [0.2, 0.25) is 10.0 Å². The lowest BCUT2D eigenvalue weighted by atomic mass is 9.74. The molecule has 1 aliphatic carbocycles. The van der Waals surface area contributed by atoms with E-state index >= 15 is 0 Å². The number of H-pyrrole nitrogens is 1. The van der Waals surface area contributed by atoms with Crippen LogP contribution in [0.5, 0.6) is 0 Å². The molecule has 1 saturated carbocycles. The molecule has 2 fully saturated rings. The highest BCUT2D eigenvalue weighted by Gasteiger charge is 2.43. The fourth-order valence-corrected chi connectivity index (χ4v) is 5.59. The van der Waals surface area contributed by atoms with Crippen LogP contribution in [0.25, 0.3) is 0 Å². The summed E-state index contributed by atoms with van der Waals surface area (Å²) in [6, 6.07) is 5.72. The molecule has 144 valence electrons. The molecule has 2 aliphatic rings. The first-order valence-corrected chi connectivity index (χ1v) is 10.8. The van der Waals surface area contributed by atoms with Gasteiger partial charge in [0.05, 0.1) is 21.3 Å². The molecule has 1 atom stereocenters. The number of benzene rings is 1. The molecule has 0 bridgehead atoms. The van der Waals surface area contributed by atoms with Gasteiger partial charge in [0, 0.05) is 24.0 Å². The predicted molar refractivity (Wildman–Crippen MR) is 111 cm³/mol. The van der Waals surface area contributed by atoms with Gasteiger partial charge in [-0.25, -0.2) is 4.98 Å². The molecular weight excluding hydrogens is 403 g/mol. The first kappa shape index (κ1) is 19.1. The SMILES string of the molecule is NC1CCCC12CCN(c1ncc(Sc3cccc(Cl)c3Cl)[nH]c1=O)CC2. The number of rotatable bonds is 3. The predicted octanol–water partition coefficient (Wildman–Crippen LogP) is 4.33. The second-order valence-corrected chi connectivity index (χ2v) is 9.27. The van der Waals surface area contributed by atoms with Crippen molar-refractivity contribution in [2.45, 2.75) is 48.1 Å². The van der Waals surface area contributed by atoms with Crippen LogP contribution in [0.3, 0.4) is 0 Å². The van der Waals surface area contributed by atoms with E-state index in [9.17, 15) is 4.79 Å². The second kappa shape index (κ2) is 7.66. The number of halogens is 2. The van der Waals surface area contributed by atoms with E-state index < -0.39 is 0 Å². The number of nitrogens with one attached hydrogen (secondary N) is 1. The van der Waals surface area contributed by atoms with Crippen molar-refractivity contribution in [1.82, 2.24) is 9.97 Å². The Morgan fingerprint density at radius 1 is 1.26 bits per heavy atom. The second-order valence-electron chi connectivity index (χ2n) is 7.40. The number of hydrogen-bond acceptors (Lipinski definition) is 5. The zero-order valence-electron chi connectivity index (χ0n) is 14.9. The molecule has 1 aromatic heterocycles. The maximum absolute atomic E-state index is 12.6. The van der Waals surface area contributed by atoms with Crippen molar-refractivity contribution in [2.24, 2.45) is 11.1 Å². The Morgan fingerprint density at radius 2 is 2.04 bits per heavy atom. The van der Waals surface area contributed by atoms with Gasteiger partial charge in [-0.15, -0.1) is 0 Å². The largest absolute Gasteiger partial charge is 0.352 e. The van der Waals surface area contributed by atoms with Crippen LogP contribution < -0.4 is 16.2 Å². The van der Waals surface area contributed by atoms with Crippen LogP contribution in [0, 0.1) is 5.41 Å². The lowest BCUT2D eigenvalue weighted by Crippen LogP contribution is -2.48. The maximum Gasteiger partial charge on any atom is 0.291 e. The Morgan fingerprint density at radius 3 is 2.70 bits per heavy atom.